The monoisotopic (exact) mass is 361 g/mol. The molecule has 1 aromatic heterocycles. The lowest BCUT2D eigenvalue weighted by atomic mass is 9.46. The molecule has 27 heavy (non-hydrogen) atoms. The summed E-state index contributed by atoms with van der Waals surface area (Å²) < 4.78 is 0. The van der Waals surface area contributed by atoms with Crippen LogP contribution < -0.4 is 0 Å². The van der Waals surface area contributed by atoms with Gasteiger partial charge in [-0.3, -0.25) is 14.6 Å². The third-order valence-corrected chi connectivity index (χ3v) is 8.42. The lowest BCUT2D eigenvalue weighted by Crippen LogP contribution is -2.54. The number of rotatable bonds is 1. The molecule has 140 valence electrons. The zero-order valence-corrected chi connectivity index (χ0v) is 16.2. The van der Waals surface area contributed by atoms with E-state index in [9.17, 15) is 9.59 Å². The predicted molar refractivity (Wildman–Crippen MR) is 105 cm³/mol. The van der Waals surface area contributed by atoms with Gasteiger partial charge in [0.1, 0.15) is 0 Å². The van der Waals surface area contributed by atoms with Crippen LogP contribution in [-0.4, -0.2) is 16.6 Å². The van der Waals surface area contributed by atoms with Crippen molar-refractivity contribution in [3.8, 4) is 0 Å². The van der Waals surface area contributed by atoms with Crippen molar-refractivity contribution in [2.75, 3.05) is 0 Å². The van der Waals surface area contributed by atoms with Crippen LogP contribution in [0.5, 0.6) is 0 Å². The van der Waals surface area contributed by atoms with Crippen LogP contribution >= 0.6 is 0 Å². The summed E-state index contributed by atoms with van der Waals surface area (Å²) in [4.78, 5) is 28.9. The highest BCUT2D eigenvalue weighted by Crippen LogP contribution is 2.65. The number of ketones is 2. The van der Waals surface area contributed by atoms with Crippen molar-refractivity contribution in [2.45, 2.75) is 46.0 Å². The molecule has 4 aliphatic carbocycles. The fraction of sp³-hybridized carbons (Fsp3) is 0.542. The fourth-order valence-electron chi connectivity index (χ4n) is 6.87. The first-order valence-corrected chi connectivity index (χ1v) is 10.3. The summed E-state index contributed by atoms with van der Waals surface area (Å²) in [5.74, 6) is 1.07. The van der Waals surface area contributed by atoms with Gasteiger partial charge in [0, 0.05) is 24.7 Å². The average molecular weight is 361 g/mol. The Morgan fingerprint density at radius 1 is 1.11 bits per heavy atom. The minimum absolute atomic E-state index is 0.0528. The average Bonchev–Trinajstić information content (AvgIpc) is 3.03. The summed E-state index contributed by atoms with van der Waals surface area (Å²) in [6.45, 7) is 4.70. The molecule has 1 aromatic rings. The number of pyridine rings is 1. The number of Topliss-reactive ketones (excluding diaryl/α,β-unsaturated/α-hetero) is 2. The predicted octanol–water partition coefficient (Wildman–Crippen LogP) is 4.64. The van der Waals surface area contributed by atoms with E-state index in [1.165, 1.54) is 11.1 Å². The molecule has 0 N–H and O–H groups in total. The molecule has 3 nitrogen and oxygen atoms in total. The van der Waals surface area contributed by atoms with Gasteiger partial charge in [-0.1, -0.05) is 38.1 Å². The summed E-state index contributed by atoms with van der Waals surface area (Å²) >= 11 is 0. The van der Waals surface area contributed by atoms with Crippen molar-refractivity contribution in [1.29, 1.82) is 0 Å². The zero-order chi connectivity index (χ0) is 18.8. The topological polar surface area (TPSA) is 47.0 Å². The van der Waals surface area contributed by atoms with Crippen molar-refractivity contribution >= 4 is 17.1 Å². The van der Waals surface area contributed by atoms with Gasteiger partial charge >= 0.3 is 0 Å². The Balaban J connectivity index is 1.51. The standard InChI is InChI=1S/C24H27NO2/c1-23-11-9-19-16(5-6-20-22(27)21(26)10-12-24(19,20)2)18(23)8-7-17(23)15-4-3-13-25-14-15/h3-7,13-14,16,18-20H,8-12H2,1-2H3/t16-,18-,19-,20?,23+,24+/m0/s1. The smallest absolute Gasteiger partial charge is 0.205 e. The van der Waals surface area contributed by atoms with Crippen LogP contribution in [0.3, 0.4) is 0 Å². The summed E-state index contributed by atoms with van der Waals surface area (Å²) in [5.41, 5.74) is 2.83. The SMILES string of the molecule is C[C@]12CCC(=O)C(=O)C1C=C[C@@H]1[C@@H]2CC[C@]2(C)C(c3cccnc3)=CC[C@@H]12. The molecule has 2 saturated carbocycles. The van der Waals surface area contributed by atoms with Gasteiger partial charge in [-0.25, -0.2) is 0 Å². The molecule has 0 saturated heterocycles. The Bertz CT molecular complexity index is 870. The number of aromatic nitrogens is 1. The molecule has 0 aliphatic heterocycles. The van der Waals surface area contributed by atoms with E-state index in [2.05, 4.69) is 43.1 Å². The Kier molecular flexibility index (Phi) is 3.63. The van der Waals surface area contributed by atoms with Gasteiger partial charge in [0.2, 0.25) is 5.78 Å². The minimum Gasteiger partial charge on any atom is -0.291 e. The number of fused-ring (bicyclic) bond motifs is 5. The lowest BCUT2D eigenvalue weighted by Gasteiger charge is -2.57. The van der Waals surface area contributed by atoms with Gasteiger partial charge in [-0.2, -0.15) is 0 Å². The van der Waals surface area contributed by atoms with Crippen LogP contribution in [0.1, 0.15) is 51.5 Å². The van der Waals surface area contributed by atoms with E-state index in [-0.39, 0.29) is 28.3 Å². The van der Waals surface area contributed by atoms with Crippen LogP contribution in [0, 0.1) is 34.5 Å². The molecule has 2 fully saturated rings. The Labute approximate surface area is 161 Å². The van der Waals surface area contributed by atoms with Crippen LogP contribution in [0.15, 0.2) is 42.8 Å². The summed E-state index contributed by atoms with van der Waals surface area (Å²) in [5, 5.41) is 0. The zero-order valence-electron chi connectivity index (χ0n) is 16.2. The van der Waals surface area contributed by atoms with E-state index in [1.807, 2.05) is 18.5 Å². The molecule has 0 bridgehead atoms. The minimum atomic E-state index is -0.198. The maximum atomic E-state index is 12.5. The van der Waals surface area contributed by atoms with Crippen LogP contribution in [-0.2, 0) is 9.59 Å². The second-order valence-electron chi connectivity index (χ2n) is 9.50. The highest BCUT2D eigenvalue weighted by atomic mass is 16.2. The van der Waals surface area contributed by atoms with Crippen molar-refractivity contribution in [1.82, 2.24) is 4.98 Å². The molecule has 0 amide bonds. The van der Waals surface area contributed by atoms with E-state index in [4.69, 9.17) is 0 Å². The van der Waals surface area contributed by atoms with E-state index >= 15 is 0 Å². The maximum absolute atomic E-state index is 12.5. The number of hydrogen-bond donors (Lipinski definition) is 0. The van der Waals surface area contributed by atoms with E-state index in [0.717, 1.165) is 25.7 Å². The van der Waals surface area contributed by atoms with Gasteiger partial charge in [-0.05, 0) is 71.5 Å². The third kappa shape index (κ3) is 2.23. The maximum Gasteiger partial charge on any atom is 0.205 e. The third-order valence-electron chi connectivity index (χ3n) is 8.42. The highest BCUT2D eigenvalue weighted by Gasteiger charge is 2.59. The molecule has 5 rings (SSSR count). The summed E-state index contributed by atoms with van der Waals surface area (Å²) in [6, 6.07) is 4.20. The van der Waals surface area contributed by atoms with E-state index in [1.54, 1.807) is 0 Å². The quantitative estimate of drug-likeness (QED) is 0.541. The van der Waals surface area contributed by atoms with Crippen LogP contribution in [0.2, 0.25) is 0 Å². The van der Waals surface area contributed by atoms with Gasteiger partial charge in [-0.15, -0.1) is 0 Å². The highest BCUT2D eigenvalue weighted by molar-refractivity contribution is 6.39. The number of nitrogens with zero attached hydrogens (tertiary/aromatic N) is 1. The second-order valence-corrected chi connectivity index (χ2v) is 9.50. The summed E-state index contributed by atoms with van der Waals surface area (Å²) in [6.07, 6.45) is 15.3. The molecule has 0 radical (unpaired) electrons. The van der Waals surface area contributed by atoms with Crippen LogP contribution in [0.25, 0.3) is 5.57 Å². The molecular weight excluding hydrogens is 334 g/mol. The molecule has 0 spiro atoms. The van der Waals surface area contributed by atoms with Crippen molar-refractivity contribution in [3.05, 3.63) is 48.3 Å². The largest absolute Gasteiger partial charge is 0.291 e. The van der Waals surface area contributed by atoms with Gasteiger partial charge in [0.15, 0.2) is 5.78 Å². The summed E-state index contributed by atoms with van der Waals surface area (Å²) in [7, 11) is 0. The second kappa shape index (κ2) is 5.73. The van der Waals surface area contributed by atoms with Crippen molar-refractivity contribution in [3.63, 3.8) is 0 Å². The van der Waals surface area contributed by atoms with E-state index in [0.29, 0.717) is 24.2 Å². The van der Waals surface area contributed by atoms with E-state index < -0.39 is 0 Å². The number of carbonyl (C=O) groups is 2. The van der Waals surface area contributed by atoms with Gasteiger partial charge in [0.25, 0.3) is 0 Å². The normalized spacial score (nSPS) is 43.0. The molecule has 4 aliphatic rings. The first kappa shape index (κ1) is 17.1. The molecule has 1 unspecified atom stereocenters. The molecule has 3 heteroatoms. The number of allylic oxidation sites excluding steroid dienone is 4. The Hall–Kier alpha value is -2.03. The molecular formula is C24H27NO2. The van der Waals surface area contributed by atoms with Crippen LogP contribution in [0.4, 0.5) is 0 Å². The molecule has 6 atom stereocenters. The fourth-order valence-corrected chi connectivity index (χ4v) is 6.87. The number of carbonyl (C=O) groups excluding carboxylic acids is 2. The Morgan fingerprint density at radius 2 is 1.96 bits per heavy atom. The van der Waals surface area contributed by atoms with Gasteiger partial charge in [0.05, 0.1) is 0 Å². The van der Waals surface area contributed by atoms with Gasteiger partial charge < -0.3 is 0 Å². The first-order valence-electron chi connectivity index (χ1n) is 10.3. The lowest BCUT2D eigenvalue weighted by molar-refractivity contribution is -0.148. The van der Waals surface area contributed by atoms with Crippen molar-refractivity contribution in [2.24, 2.45) is 34.5 Å². The van der Waals surface area contributed by atoms with Crippen molar-refractivity contribution < 1.29 is 9.59 Å². The Morgan fingerprint density at radius 3 is 2.74 bits per heavy atom. The first-order chi connectivity index (χ1) is 12.9. The molecule has 1 heterocycles. The number of hydrogen-bond acceptors (Lipinski definition) is 3. The molecule has 0 aromatic carbocycles.